The van der Waals surface area contributed by atoms with E-state index in [0.29, 0.717) is 24.6 Å². The Morgan fingerprint density at radius 3 is 3.00 bits per heavy atom. The van der Waals surface area contributed by atoms with Crippen molar-refractivity contribution in [2.24, 2.45) is 0 Å². The molecule has 1 aliphatic carbocycles. The van der Waals surface area contributed by atoms with Gasteiger partial charge in [0.15, 0.2) is 11.3 Å². The highest BCUT2D eigenvalue weighted by atomic mass is 79.9. The molecule has 100 valence electrons. The summed E-state index contributed by atoms with van der Waals surface area (Å²) < 4.78 is 5.56. The second-order valence-corrected chi connectivity index (χ2v) is 4.65. The fourth-order valence-electron chi connectivity index (χ4n) is 1.75. The Bertz CT molecular complexity index is 624. The molecule has 19 heavy (non-hydrogen) atoms. The number of halogens is 1. The van der Waals surface area contributed by atoms with Gasteiger partial charge < -0.3 is 9.73 Å². The second kappa shape index (κ2) is 5.97. The molecule has 1 amide bonds. The summed E-state index contributed by atoms with van der Waals surface area (Å²) in [5, 5.41) is 2.98. The number of amides is 1. The van der Waals surface area contributed by atoms with Crippen LogP contribution in [0.25, 0.3) is 11.3 Å². The van der Waals surface area contributed by atoms with E-state index in [4.69, 9.17) is 4.42 Å². The first-order valence-corrected chi connectivity index (χ1v) is 6.95. The molecule has 0 aromatic rings. The van der Waals surface area contributed by atoms with Gasteiger partial charge in [-0.05, 0) is 19.1 Å². The molecule has 0 saturated carbocycles. The third-order valence-corrected chi connectivity index (χ3v) is 3.15. The van der Waals surface area contributed by atoms with E-state index in [9.17, 15) is 9.59 Å². The average Bonchev–Trinajstić information content (AvgIpc) is 2.38. The van der Waals surface area contributed by atoms with E-state index in [-0.39, 0.29) is 16.7 Å². The van der Waals surface area contributed by atoms with E-state index < -0.39 is 0 Å². The molecule has 0 spiro atoms. The number of hydrogen-bond acceptors (Lipinski definition) is 4. The number of hydrogen-bond donors (Lipinski definition) is 1. The zero-order chi connectivity index (χ0) is 13.8. The van der Waals surface area contributed by atoms with Crippen LogP contribution in [0.4, 0.5) is 0 Å². The fourth-order valence-corrected chi connectivity index (χ4v) is 1.94. The van der Waals surface area contributed by atoms with E-state index in [1.165, 1.54) is 12.1 Å². The molecule has 5 nitrogen and oxygen atoms in total. The first-order valence-electron chi connectivity index (χ1n) is 5.83. The minimum atomic E-state index is -0.0969. The van der Waals surface area contributed by atoms with Gasteiger partial charge in [-0.15, -0.1) is 0 Å². The number of aryl methyl sites for hydroxylation is 1. The van der Waals surface area contributed by atoms with Crippen LogP contribution >= 0.6 is 15.9 Å². The van der Waals surface area contributed by atoms with Gasteiger partial charge in [-0.25, -0.2) is 4.98 Å². The van der Waals surface area contributed by atoms with Gasteiger partial charge >= 0.3 is 0 Å². The quantitative estimate of drug-likeness (QED) is 0.865. The average molecular weight is 325 g/mol. The summed E-state index contributed by atoms with van der Waals surface area (Å²) in [6.07, 6.45) is 0.485. The van der Waals surface area contributed by atoms with Crippen molar-refractivity contribution in [3.8, 4) is 11.3 Å². The first-order chi connectivity index (χ1) is 9.10. The summed E-state index contributed by atoms with van der Waals surface area (Å²) >= 11 is 3.07. The Morgan fingerprint density at radius 2 is 2.26 bits per heavy atom. The molecule has 0 bridgehead atoms. The van der Waals surface area contributed by atoms with E-state index in [2.05, 4.69) is 26.2 Å². The topological polar surface area (TPSA) is 72.2 Å². The number of alkyl halides is 1. The van der Waals surface area contributed by atoms with E-state index in [0.717, 1.165) is 11.3 Å². The molecule has 2 aliphatic rings. The molecule has 0 saturated heterocycles. The Kier molecular flexibility index (Phi) is 4.31. The lowest BCUT2D eigenvalue weighted by atomic mass is 10.1. The van der Waals surface area contributed by atoms with Gasteiger partial charge in [-0.2, -0.15) is 0 Å². The number of nitrogens with zero attached hydrogens (tertiary/aromatic N) is 1. The summed E-state index contributed by atoms with van der Waals surface area (Å²) in [6, 6.07) is 4.65. The molecular weight excluding hydrogens is 312 g/mol. The number of aromatic nitrogens is 1. The van der Waals surface area contributed by atoms with Gasteiger partial charge in [0.05, 0.1) is 11.0 Å². The van der Waals surface area contributed by atoms with Gasteiger partial charge in [-0.1, -0.05) is 15.9 Å². The number of carbonyl (C=O) groups is 1. The lowest BCUT2D eigenvalue weighted by molar-refractivity contribution is -0.118. The second-order valence-electron chi connectivity index (χ2n) is 4.08. The Labute approximate surface area is 118 Å². The zero-order valence-corrected chi connectivity index (χ0v) is 12.0. The molecule has 0 atom stereocenters. The highest BCUT2D eigenvalue weighted by Gasteiger charge is 2.11. The number of fused-ring (bicyclic) bond motifs is 1. The van der Waals surface area contributed by atoms with Gasteiger partial charge in [0.25, 0.3) is 0 Å². The zero-order valence-electron chi connectivity index (χ0n) is 10.4. The minimum absolute atomic E-state index is 0.0839. The third kappa shape index (κ3) is 3.41. The molecule has 1 aliphatic heterocycles. The largest absolute Gasteiger partial charge is 0.442 e. The third-order valence-electron chi connectivity index (χ3n) is 2.65. The van der Waals surface area contributed by atoms with Crippen molar-refractivity contribution in [1.82, 2.24) is 10.3 Å². The van der Waals surface area contributed by atoms with Crippen molar-refractivity contribution in [3.05, 3.63) is 40.0 Å². The summed E-state index contributed by atoms with van der Waals surface area (Å²) in [5.74, 6) is 0.951. The number of carbonyl (C=O) groups excluding carboxylic acids is 1. The lowest BCUT2D eigenvalue weighted by Gasteiger charge is -2.09. The van der Waals surface area contributed by atoms with E-state index in [1.54, 1.807) is 6.07 Å². The summed E-state index contributed by atoms with van der Waals surface area (Å²) in [4.78, 5) is 26.7. The van der Waals surface area contributed by atoms with Crippen LogP contribution < -0.4 is 10.7 Å². The monoisotopic (exact) mass is 324 g/mol. The molecule has 0 fully saturated rings. The van der Waals surface area contributed by atoms with Crippen LogP contribution in [0.1, 0.15) is 11.6 Å². The van der Waals surface area contributed by atoms with Gasteiger partial charge in [0.1, 0.15) is 5.76 Å². The fraction of sp³-hybridized carbons (Fsp3) is 0.308. The van der Waals surface area contributed by atoms with Crippen molar-refractivity contribution in [1.29, 1.82) is 0 Å². The van der Waals surface area contributed by atoms with Crippen molar-refractivity contribution >= 4 is 21.8 Å². The maximum absolute atomic E-state index is 11.3. The maximum atomic E-state index is 11.3. The number of nitrogens with one attached hydrogen (secondary N) is 1. The Morgan fingerprint density at radius 1 is 1.47 bits per heavy atom. The number of rotatable bonds is 4. The molecule has 0 aromatic carbocycles. The van der Waals surface area contributed by atoms with Crippen LogP contribution in [-0.2, 0) is 11.2 Å². The van der Waals surface area contributed by atoms with E-state index >= 15 is 0 Å². The molecule has 2 rings (SSSR count). The molecule has 0 radical (unpaired) electrons. The molecule has 1 heterocycles. The van der Waals surface area contributed by atoms with Crippen molar-refractivity contribution in [2.75, 3.05) is 11.9 Å². The van der Waals surface area contributed by atoms with Crippen LogP contribution in [0.15, 0.2) is 27.4 Å². The highest BCUT2D eigenvalue weighted by molar-refractivity contribution is 9.09. The van der Waals surface area contributed by atoms with Crippen LogP contribution in [-0.4, -0.2) is 22.8 Å². The Balaban J connectivity index is 2.18. The molecule has 1 N–H and O–H groups in total. The van der Waals surface area contributed by atoms with Gasteiger partial charge in [0.2, 0.25) is 5.91 Å². The predicted molar refractivity (Wildman–Crippen MR) is 74.6 cm³/mol. The molecule has 0 aromatic heterocycles. The lowest BCUT2D eigenvalue weighted by Crippen LogP contribution is -2.26. The van der Waals surface area contributed by atoms with Crippen LogP contribution in [0.2, 0.25) is 0 Å². The van der Waals surface area contributed by atoms with Gasteiger partial charge in [0, 0.05) is 24.6 Å². The minimum Gasteiger partial charge on any atom is -0.442 e. The van der Waals surface area contributed by atoms with Crippen LogP contribution in [0.5, 0.6) is 0 Å². The maximum Gasteiger partial charge on any atom is 0.230 e. The molecule has 0 unspecified atom stereocenters. The van der Waals surface area contributed by atoms with E-state index in [1.807, 2.05) is 6.92 Å². The number of benzene rings is 1. The highest BCUT2D eigenvalue weighted by Crippen LogP contribution is 2.23. The summed E-state index contributed by atoms with van der Waals surface area (Å²) in [7, 11) is 0. The normalized spacial score (nSPS) is 10.6. The molecule has 6 heteroatoms. The first kappa shape index (κ1) is 13.7. The smallest absolute Gasteiger partial charge is 0.230 e. The summed E-state index contributed by atoms with van der Waals surface area (Å²) in [6.45, 7) is 2.31. The standard InChI is InChI=1S/C13H13BrN2O3/c1-8-10-3-2-9(17)6-11(10)19-13(16-8)4-5-15-12(18)7-14/h2-3,6H,4-5,7H2,1H3,(H,15,18). The van der Waals surface area contributed by atoms with Crippen LogP contribution in [0, 0.1) is 6.92 Å². The predicted octanol–water partition coefficient (Wildman–Crippen LogP) is 1.50. The van der Waals surface area contributed by atoms with Crippen molar-refractivity contribution in [3.63, 3.8) is 0 Å². The Hall–Kier alpha value is -1.69. The van der Waals surface area contributed by atoms with Crippen LogP contribution in [0.3, 0.4) is 0 Å². The SMILES string of the molecule is Cc1nc(CCNC(=O)CBr)oc2cc(=O)ccc1-2. The van der Waals surface area contributed by atoms with Crippen molar-refractivity contribution in [2.45, 2.75) is 13.3 Å². The summed E-state index contributed by atoms with van der Waals surface area (Å²) in [5.41, 5.74) is 1.54. The molecular formula is C13H13BrN2O3. The van der Waals surface area contributed by atoms with Crippen molar-refractivity contribution < 1.29 is 9.21 Å². The van der Waals surface area contributed by atoms with Gasteiger partial charge in [-0.3, -0.25) is 9.59 Å².